The summed E-state index contributed by atoms with van der Waals surface area (Å²) >= 11 is 0. The van der Waals surface area contributed by atoms with Gasteiger partial charge in [-0.2, -0.15) is 0 Å². The molecule has 0 radical (unpaired) electrons. The zero-order chi connectivity index (χ0) is 35.0. The molecule has 8 heteroatoms. The molecule has 0 heterocycles. The minimum atomic E-state index is -1.11. The zero-order valence-corrected chi connectivity index (χ0v) is 28.1. The van der Waals surface area contributed by atoms with Crippen LogP contribution in [0.4, 0.5) is 0 Å². The van der Waals surface area contributed by atoms with E-state index in [-0.39, 0.29) is 26.4 Å². The van der Waals surface area contributed by atoms with Gasteiger partial charge in [0.25, 0.3) is 0 Å². The second-order valence-corrected chi connectivity index (χ2v) is 12.9. The molecule has 4 unspecified atom stereocenters. The molecule has 1 fully saturated rings. The largest absolute Gasteiger partial charge is 0.461 e. The van der Waals surface area contributed by atoms with Crippen molar-refractivity contribution >= 4 is 23.9 Å². The maximum Gasteiger partial charge on any atom is 0.310 e. The summed E-state index contributed by atoms with van der Waals surface area (Å²) in [5.74, 6) is -8.77. The lowest BCUT2D eigenvalue weighted by molar-refractivity contribution is -0.189. The predicted molar refractivity (Wildman–Crippen MR) is 184 cm³/mol. The van der Waals surface area contributed by atoms with Crippen molar-refractivity contribution in [2.75, 3.05) is 0 Å². The number of hydrogen-bond donors (Lipinski definition) is 0. The summed E-state index contributed by atoms with van der Waals surface area (Å²) in [6, 6.07) is 36.9. The van der Waals surface area contributed by atoms with E-state index in [9.17, 15) is 19.2 Å². The van der Waals surface area contributed by atoms with Crippen LogP contribution in [0, 0.1) is 35.5 Å². The molecular formula is C42H40O8. The van der Waals surface area contributed by atoms with Crippen molar-refractivity contribution in [1.82, 2.24) is 0 Å². The molecule has 2 bridgehead atoms. The van der Waals surface area contributed by atoms with E-state index in [0.717, 1.165) is 33.4 Å². The Labute approximate surface area is 292 Å². The molecule has 0 spiro atoms. The van der Waals surface area contributed by atoms with Crippen molar-refractivity contribution in [3.05, 3.63) is 155 Å². The Balaban J connectivity index is 1.37. The van der Waals surface area contributed by atoms with Gasteiger partial charge in [-0.3, -0.25) is 19.2 Å². The predicted octanol–water partition coefficient (Wildman–Crippen LogP) is 7.02. The fourth-order valence-corrected chi connectivity index (χ4v) is 7.42. The lowest BCUT2D eigenvalue weighted by Crippen LogP contribution is -2.60. The van der Waals surface area contributed by atoms with Gasteiger partial charge in [-0.1, -0.05) is 132 Å². The van der Waals surface area contributed by atoms with Gasteiger partial charge in [0.05, 0.1) is 23.7 Å². The number of rotatable bonds is 12. The van der Waals surface area contributed by atoms with Crippen LogP contribution in [0.25, 0.3) is 0 Å². The lowest BCUT2D eigenvalue weighted by atomic mass is 9.48. The molecule has 0 saturated heterocycles. The third kappa shape index (κ3) is 7.54. The van der Waals surface area contributed by atoms with Crippen molar-refractivity contribution in [3.8, 4) is 0 Å². The first-order valence-electron chi connectivity index (χ1n) is 16.8. The Kier molecular flexibility index (Phi) is 10.9. The topological polar surface area (TPSA) is 105 Å². The normalized spacial score (nSPS) is 22.4. The smallest absolute Gasteiger partial charge is 0.310 e. The summed E-state index contributed by atoms with van der Waals surface area (Å²) in [6.45, 7) is 3.61. The molecule has 50 heavy (non-hydrogen) atoms. The second kappa shape index (κ2) is 15.8. The van der Waals surface area contributed by atoms with Crippen molar-refractivity contribution in [2.24, 2.45) is 35.5 Å². The number of fused-ring (bicyclic) bond motifs is 2. The van der Waals surface area contributed by atoms with Crippen LogP contribution >= 0.6 is 0 Å². The summed E-state index contributed by atoms with van der Waals surface area (Å²) in [5, 5.41) is 0. The SMILES string of the molecule is CC1=C(C)C2C(C(=O)OCc3ccccc3)C(C(=O)OCc3ccccc3)C1C(C(=O)OCc1ccccc1)C2C(=O)OCc1ccccc1. The third-order valence-electron chi connectivity index (χ3n) is 9.93. The highest BCUT2D eigenvalue weighted by molar-refractivity contribution is 5.91. The number of benzene rings is 4. The van der Waals surface area contributed by atoms with E-state index in [0.29, 0.717) is 0 Å². The molecule has 4 aromatic carbocycles. The summed E-state index contributed by atoms with van der Waals surface area (Å²) in [5.41, 5.74) is 4.59. The Morgan fingerprint density at radius 3 is 0.780 bits per heavy atom. The van der Waals surface area contributed by atoms with E-state index >= 15 is 0 Å². The number of ether oxygens (including phenoxy) is 4. The van der Waals surface area contributed by atoms with E-state index in [2.05, 4.69) is 0 Å². The van der Waals surface area contributed by atoms with Crippen LogP contribution in [-0.2, 0) is 64.6 Å². The third-order valence-corrected chi connectivity index (χ3v) is 9.93. The average molecular weight is 673 g/mol. The van der Waals surface area contributed by atoms with Crippen molar-refractivity contribution in [2.45, 2.75) is 40.3 Å². The van der Waals surface area contributed by atoms with Crippen LogP contribution in [0.1, 0.15) is 36.1 Å². The average Bonchev–Trinajstić information content (AvgIpc) is 3.16. The van der Waals surface area contributed by atoms with E-state index in [4.69, 9.17) is 18.9 Å². The first-order chi connectivity index (χ1) is 24.3. The van der Waals surface area contributed by atoms with Gasteiger partial charge in [-0.05, 0) is 36.1 Å². The van der Waals surface area contributed by atoms with Crippen molar-refractivity contribution in [3.63, 3.8) is 0 Å². The number of carbonyl (C=O) groups excluding carboxylic acids is 4. The molecule has 4 aromatic rings. The van der Waals surface area contributed by atoms with Gasteiger partial charge in [0.1, 0.15) is 26.4 Å². The zero-order valence-electron chi connectivity index (χ0n) is 28.1. The minimum absolute atomic E-state index is 0.0211. The molecule has 7 rings (SSSR count). The van der Waals surface area contributed by atoms with Crippen LogP contribution in [-0.4, -0.2) is 23.9 Å². The summed E-state index contributed by atoms with van der Waals surface area (Å²) in [7, 11) is 0. The number of hydrogen-bond acceptors (Lipinski definition) is 8. The maximum atomic E-state index is 14.2. The van der Waals surface area contributed by atoms with E-state index < -0.39 is 59.4 Å². The van der Waals surface area contributed by atoms with Gasteiger partial charge in [0.15, 0.2) is 0 Å². The molecule has 256 valence electrons. The molecule has 8 nitrogen and oxygen atoms in total. The standard InChI is InChI=1S/C42H40O8/c1-27-28(2)34-37(41(45)49-25-31-19-11-5-12-20-31)35(39(43)47-23-29-15-7-3-8-16-29)33(27)36(40(44)48-24-30-17-9-4-10-18-30)38(34)42(46)50-26-32-21-13-6-14-22-32/h3-22,33-38H,23-26H2,1-2H3. The quantitative estimate of drug-likeness (QED) is 0.0899. The molecule has 0 aliphatic heterocycles. The Morgan fingerprint density at radius 1 is 0.380 bits per heavy atom. The molecular weight excluding hydrogens is 632 g/mol. The molecule has 0 amide bonds. The van der Waals surface area contributed by atoms with Crippen LogP contribution in [0.5, 0.6) is 0 Å². The summed E-state index contributed by atoms with van der Waals surface area (Å²) in [6.07, 6.45) is 0. The van der Waals surface area contributed by atoms with Crippen LogP contribution in [0.15, 0.2) is 132 Å². The Bertz CT molecular complexity index is 1560. The molecule has 3 aliphatic carbocycles. The van der Waals surface area contributed by atoms with Gasteiger partial charge in [-0.15, -0.1) is 0 Å². The Hall–Kier alpha value is -5.50. The molecule has 0 aromatic heterocycles. The fourth-order valence-electron chi connectivity index (χ4n) is 7.42. The van der Waals surface area contributed by atoms with E-state index in [1.165, 1.54) is 0 Å². The highest BCUT2D eigenvalue weighted by atomic mass is 16.5. The number of esters is 4. The summed E-state index contributed by atoms with van der Waals surface area (Å²) in [4.78, 5) is 56.9. The molecule has 3 aliphatic rings. The van der Waals surface area contributed by atoms with E-state index in [1.54, 1.807) is 0 Å². The van der Waals surface area contributed by atoms with Crippen LogP contribution in [0.2, 0.25) is 0 Å². The van der Waals surface area contributed by atoms with Crippen LogP contribution < -0.4 is 0 Å². The van der Waals surface area contributed by atoms with Gasteiger partial charge in [0, 0.05) is 11.8 Å². The number of allylic oxidation sites excluding steroid dienone is 2. The van der Waals surface area contributed by atoms with Gasteiger partial charge in [-0.25, -0.2) is 0 Å². The van der Waals surface area contributed by atoms with Crippen LogP contribution in [0.3, 0.4) is 0 Å². The minimum Gasteiger partial charge on any atom is -0.461 e. The summed E-state index contributed by atoms with van der Waals surface area (Å²) < 4.78 is 23.5. The first kappa shape index (κ1) is 34.4. The van der Waals surface area contributed by atoms with E-state index in [1.807, 2.05) is 135 Å². The lowest BCUT2D eigenvalue weighted by Gasteiger charge is -2.53. The maximum absolute atomic E-state index is 14.2. The first-order valence-corrected chi connectivity index (χ1v) is 16.8. The van der Waals surface area contributed by atoms with Gasteiger partial charge in [0.2, 0.25) is 0 Å². The highest BCUT2D eigenvalue weighted by Crippen LogP contribution is 2.58. The molecule has 4 atom stereocenters. The number of carbonyl (C=O) groups is 4. The van der Waals surface area contributed by atoms with Crippen molar-refractivity contribution < 1.29 is 38.1 Å². The van der Waals surface area contributed by atoms with Crippen molar-refractivity contribution in [1.29, 1.82) is 0 Å². The van der Waals surface area contributed by atoms with Gasteiger partial charge >= 0.3 is 23.9 Å². The monoisotopic (exact) mass is 672 g/mol. The molecule has 0 N–H and O–H groups in total. The second-order valence-electron chi connectivity index (χ2n) is 12.9. The molecule has 1 saturated carbocycles. The highest BCUT2D eigenvalue weighted by Gasteiger charge is 2.65. The van der Waals surface area contributed by atoms with Gasteiger partial charge < -0.3 is 18.9 Å². The fraction of sp³-hybridized carbons (Fsp3) is 0.286. The Morgan fingerprint density at radius 2 is 0.580 bits per heavy atom.